The van der Waals surface area contributed by atoms with E-state index in [2.05, 4.69) is 15.5 Å². The second kappa shape index (κ2) is 14.1. The van der Waals surface area contributed by atoms with Crippen molar-refractivity contribution in [3.8, 4) is 5.75 Å². The molecule has 3 N–H and O–H groups in total. The summed E-state index contributed by atoms with van der Waals surface area (Å²) in [5, 5.41) is 14.9. The molecule has 0 spiro atoms. The van der Waals surface area contributed by atoms with Crippen LogP contribution in [0.4, 0.5) is 20.6 Å². The Labute approximate surface area is 250 Å². The lowest BCUT2D eigenvalue weighted by Crippen LogP contribution is -2.46. The molecular weight excluding hydrogens is 555 g/mol. The van der Waals surface area contributed by atoms with Gasteiger partial charge in [0.25, 0.3) is 5.91 Å². The van der Waals surface area contributed by atoms with E-state index in [4.69, 9.17) is 9.47 Å². The maximum Gasteiger partial charge on any atom is 0.336 e. The van der Waals surface area contributed by atoms with Gasteiger partial charge in [-0.15, -0.1) is 0 Å². The van der Waals surface area contributed by atoms with Crippen molar-refractivity contribution in [1.82, 2.24) is 9.80 Å². The Kier molecular flexibility index (Phi) is 10.3. The summed E-state index contributed by atoms with van der Waals surface area (Å²) in [6.07, 6.45) is -0.287. The van der Waals surface area contributed by atoms with Crippen LogP contribution in [-0.2, 0) is 11.3 Å². The molecule has 3 aromatic carbocycles. The van der Waals surface area contributed by atoms with E-state index in [-0.39, 0.29) is 47.6 Å². The molecule has 0 saturated carbocycles. The van der Waals surface area contributed by atoms with Crippen LogP contribution in [0.3, 0.4) is 0 Å². The van der Waals surface area contributed by atoms with E-state index in [0.29, 0.717) is 36.4 Å². The quantitative estimate of drug-likeness (QED) is 0.361. The van der Waals surface area contributed by atoms with Crippen molar-refractivity contribution in [1.29, 1.82) is 0 Å². The summed E-state index contributed by atoms with van der Waals surface area (Å²) >= 11 is 0. The van der Waals surface area contributed by atoms with Crippen LogP contribution in [-0.4, -0.2) is 78.8 Å². The van der Waals surface area contributed by atoms with E-state index in [9.17, 15) is 23.9 Å². The molecule has 0 saturated heterocycles. The van der Waals surface area contributed by atoms with Crippen LogP contribution in [0, 0.1) is 11.7 Å². The highest BCUT2D eigenvalue weighted by atomic mass is 19.1. The van der Waals surface area contributed by atoms with Crippen LogP contribution in [0.2, 0.25) is 0 Å². The number of nitrogens with zero attached hydrogens (tertiary/aromatic N) is 2. The predicted molar refractivity (Wildman–Crippen MR) is 161 cm³/mol. The number of aromatic carboxylic acids is 1. The number of urea groups is 1. The number of para-hydroxylation sites is 1. The Morgan fingerprint density at radius 2 is 1.77 bits per heavy atom. The monoisotopic (exact) mass is 592 g/mol. The van der Waals surface area contributed by atoms with Crippen molar-refractivity contribution in [2.24, 2.45) is 5.92 Å². The van der Waals surface area contributed by atoms with Gasteiger partial charge in [0.1, 0.15) is 18.2 Å². The first-order chi connectivity index (χ1) is 20.6. The number of carbonyl (C=O) groups excluding carboxylic acids is 2. The molecule has 0 bridgehead atoms. The maximum atomic E-state index is 14.0. The molecule has 0 radical (unpaired) electrons. The number of hydrogen-bond acceptors (Lipinski definition) is 6. The van der Waals surface area contributed by atoms with Gasteiger partial charge >= 0.3 is 12.0 Å². The van der Waals surface area contributed by atoms with Gasteiger partial charge in [0.15, 0.2) is 0 Å². The van der Waals surface area contributed by atoms with Gasteiger partial charge in [0.05, 0.1) is 22.9 Å². The van der Waals surface area contributed by atoms with Gasteiger partial charge in [0.2, 0.25) is 0 Å². The number of methoxy groups -OCH3 is 1. The lowest BCUT2D eigenvalue weighted by molar-refractivity contribution is 0.00915. The molecule has 228 valence electrons. The third-order valence-corrected chi connectivity index (χ3v) is 7.58. The molecule has 1 aliphatic rings. The van der Waals surface area contributed by atoms with Crippen molar-refractivity contribution in [2.75, 3.05) is 44.5 Å². The topological polar surface area (TPSA) is 120 Å². The van der Waals surface area contributed by atoms with Crippen LogP contribution in [0.1, 0.15) is 40.1 Å². The first-order valence-corrected chi connectivity index (χ1v) is 14.0. The SMILES string of the molecule is CO[C@H]1CN(C)C(=O)c2ccc(NC(=O)Nc3ccccc3F)cc2OC[C@H](C)N(Cc2ccccc2C(=O)O)C[C@@H]1C. The molecule has 43 heavy (non-hydrogen) atoms. The molecule has 0 fully saturated rings. The highest BCUT2D eigenvalue weighted by Gasteiger charge is 2.29. The van der Waals surface area contributed by atoms with Crippen LogP contribution >= 0.6 is 0 Å². The number of carboxylic acid groups (broad SMARTS) is 1. The Balaban J connectivity index is 1.62. The third-order valence-electron chi connectivity index (χ3n) is 7.58. The minimum absolute atomic E-state index is 0.00173. The number of carbonyl (C=O) groups is 3. The predicted octanol–water partition coefficient (Wildman–Crippen LogP) is 5.17. The second-order valence-corrected chi connectivity index (χ2v) is 10.8. The Morgan fingerprint density at radius 1 is 1.05 bits per heavy atom. The molecule has 0 aliphatic carbocycles. The third kappa shape index (κ3) is 7.88. The van der Waals surface area contributed by atoms with E-state index in [1.54, 1.807) is 61.5 Å². The number of ether oxygens (including phenoxy) is 2. The molecular formula is C32H37FN4O6. The number of hydrogen-bond donors (Lipinski definition) is 3. The van der Waals surface area contributed by atoms with Crippen LogP contribution in [0.25, 0.3) is 0 Å². The zero-order valence-electron chi connectivity index (χ0n) is 24.7. The first kappa shape index (κ1) is 31.5. The fourth-order valence-electron chi connectivity index (χ4n) is 5.08. The molecule has 11 heteroatoms. The maximum absolute atomic E-state index is 14.0. The summed E-state index contributed by atoms with van der Waals surface area (Å²) in [6, 6.07) is 16.6. The van der Waals surface area contributed by atoms with Crippen molar-refractivity contribution >= 4 is 29.3 Å². The van der Waals surface area contributed by atoms with Crippen LogP contribution < -0.4 is 15.4 Å². The van der Waals surface area contributed by atoms with E-state index < -0.39 is 17.8 Å². The molecule has 3 atom stereocenters. The number of carboxylic acids is 1. The second-order valence-electron chi connectivity index (χ2n) is 10.8. The first-order valence-electron chi connectivity index (χ1n) is 14.0. The van der Waals surface area contributed by atoms with Crippen molar-refractivity contribution < 1.29 is 33.4 Å². The lowest BCUT2D eigenvalue weighted by atomic mass is 10.00. The molecule has 1 heterocycles. The average molecular weight is 593 g/mol. The highest BCUT2D eigenvalue weighted by molar-refractivity contribution is 6.01. The van der Waals surface area contributed by atoms with Gasteiger partial charge in [0, 0.05) is 51.6 Å². The van der Waals surface area contributed by atoms with Crippen LogP contribution in [0.15, 0.2) is 66.7 Å². The van der Waals surface area contributed by atoms with Gasteiger partial charge in [-0.2, -0.15) is 0 Å². The molecule has 10 nitrogen and oxygen atoms in total. The van der Waals surface area contributed by atoms with E-state index >= 15 is 0 Å². The molecule has 3 amide bonds. The number of halogens is 1. The summed E-state index contributed by atoms with van der Waals surface area (Å²) in [6.45, 7) is 5.43. The number of amides is 3. The normalized spacial score (nSPS) is 19.8. The standard InChI is InChI=1S/C32H37FN4O6/c1-20-16-37(17-22-9-5-6-10-24(22)31(39)40)21(2)19-43-28-15-23(34-32(41)35-27-12-8-7-11-26(27)33)13-14-25(28)30(38)36(3)18-29(20)42-4/h5-15,20-21,29H,16-19H2,1-4H3,(H,39,40)(H2,34,35,41)/t20-,21-,29-/m0/s1. The zero-order valence-corrected chi connectivity index (χ0v) is 24.7. The number of anilines is 2. The largest absolute Gasteiger partial charge is 0.491 e. The summed E-state index contributed by atoms with van der Waals surface area (Å²) < 4.78 is 26.0. The van der Waals surface area contributed by atoms with Crippen molar-refractivity contribution in [2.45, 2.75) is 32.5 Å². The number of benzene rings is 3. The summed E-state index contributed by atoms with van der Waals surface area (Å²) in [5.74, 6) is -1.57. The van der Waals surface area contributed by atoms with E-state index in [0.717, 1.165) is 0 Å². The number of fused-ring (bicyclic) bond motifs is 1. The van der Waals surface area contributed by atoms with Gasteiger partial charge in [-0.1, -0.05) is 37.3 Å². The van der Waals surface area contributed by atoms with Gasteiger partial charge in [-0.25, -0.2) is 14.0 Å². The molecule has 0 unspecified atom stereocenters. The lowest BCUT2D eigenvalue weighted by Gasteiger charge is -2.36. The van der Waals surface area contributed by atoms with Gasteiger partial charge in [-0.05, 0) is 48.7 Å². The Hall–Kier alpha value is -4.48. The smallest absolute Gasteiger partial charge is 0.336 e. The zero-order chi connectivity index (χ0) is 31.1. The minimum Gasteiger partial charge on any atom is -0.491 e. The van der Waals surface area contributed by atoms with Crippen molar-refractivity contribution in [3.05, 3.63) is 89.2 Å². The summed E-state index contributed by atoms with van der Waals surface area (Å²) in [7, 11) is 3.30. The van der Waals surface area contributed by atoms with Gasteiger partial charge in [-0.3, -0.25) is 9.69 Å². The van der Waals surface area contributed by atoms with Gasteiger partial charge < -0.3 is 30.1 Å². The number of nitrogens with one attached hydrogen (secondary N) is 2. The average Bonchev–Trinajstić information content (AvgIpc) is 2.98. The van der Waals surface area contributed by atoms with Crippen molar-refractivity contribution in [3.63, 3.8) is 0 Å². The molecule has 0 aromatic heterocycles. The minimum atomic E-state index is -0.996. The summed E-state index contributed by atoms with van der Waals surface area (Å²) in [4.78, 5) is 41.7. The summed E-state index contributed by atoms with van der Waals surface area (Å²) in [5.41, 5.74) is 1.59. The van der Waals surface area contributed by atoms with Crippen LogP contribution in [0.5, 0.6) is 5.75 Å². The van der Waals surface area contributed by atoms with E-state index in [1.165, 1.54) is 18.2 Å². The highest BCUT2D eigenvalue weighted by Crippen LogP contribution is 2.28. The molecule has 3 aromatic rings. The Bertz CT molecular complexity index is 1470. The molecule has 4 rings (SSSR count). The number of rotatable bonds is 6. The fourth-order valence-corrected chi connectivity index (χ4v) is 5.08. The van der Waals surface area contributed by atoms with E-state index in [1.807, 2.05) is 19.9 Å². The number of likely N-dealkylation sites (N-methyl/N-ethyl adjacent to an activating group) is 1. The Morgan fingerprint density at radius 3 is 2.49 bits per heavy atom. The fraction of sp³-hybridized carbons (Fsp3) is 0.344. The molecule has 1 aliphatic heterocycles.